The van der Waals surface area contributed by atoms with Gasteiger partial charge < -0.3 is 4.74 Å². The highest BCUT2D eigenvalue weighted by atomic mass is 32.1. The second kappa shape index (κ2) is 7.56. The SMILES string of the molecule is Cc1ccc2c(=O)nc(-c3cccc(CCC(=O)OC(C)(C)C)n3)sc2c1. The van der Waals surface area contributed by atoms with Gasteiger partial charge in [-0.25, -0.2) is 0 Å². The van der Waals surface area contributed by atoms with Crippen molar-refractivity contribution < 1.29 is 9.53 Å². The summed E-state index contributed by atoms with van der Waals surface area (Å²) in [5.41, 5.74) is 1.76. The molecule has 2 aromatic heterocycles. The van der Waals surface area contributed by atoms with E-state index in [0.29, 0.717) is 22.5 Å². The average molecular weight is 382 g/mol. The van der Waals surface area contributed by atoms with Gasteiger partial charge in [-0.2, -0.15) is 4.98 Å². The summed E-state index contributed by atoms with van der Waals surface area (Å²) < 4.78 is 6.23. The van der Waals surface area contributed by atoms with Crippen molar-refractivity contribution in [2.45, 2.75) is 46.1 Å². The minimum atomic E-state index is -0.494. The number of aryl methyl sites for hydroxylation is 2. The Kier molecular flexibility index (Phi) is 5.37. The molecule has 0 spiro atoms. The van der Waals surface area contributed by atoms with Crippen molar-refractivity contribution in [1.29, 1.82) is 0 Å². The van der Waals surface area contributed by atoms with Crippen molar-refractivity contribution in [1.82, 2.24) is 9.97 Å². The van der Waals surface area contributed by atoms with Gasteiger partial charge in [0.1, 0.15) is 10.6 Å². The molecule has 3 rings (SSSR count). The molecule has 27 heavy (non-hydrogen) atoms. The van der Waals surface area contributed by atoms with Gasteiger partial charge >= 0.3 is 5.97 Å². The molecule has 0 unspecified atom stereocenters. The standard InChI is InChI=1S/C21H22N2O3S/c1-13-8-10-15-17(12-13)27-20(23-19(15)25)16-7-5-6-14(22-16)9-11-18(24)26-21(2,3)4/h5-8,10,12H,9,11H2,1-4H3. The van der Waals surface area contributed by atoms with Gasteiger partial charge in [0.2, 0.25) is 0 Å². The summed E-state index contributed by atoms with van der Waals surface area (Å²) in [6, 6.07) is 11.3. The maximum Gasteiger partial charge on any atom is 0.306 e. The Hall–Kier alpha value is -2.60. The second-order valence-electron chi connectivity index (χ2n) is 7.42. The third-order valence-corrected chi connectivity index (χ3v) is 4.86. The van der Waals surface area contributed by atoms with E-state index in [1.807, 2.05) is 64.1 Å². The number of carbonyl (C=O) groups excluding carboxylic acids is 1. The molecule has 0 amide bonds. The summed E-state index contributed by atoms with van der Waals surface area (Å²) in [7, 11) is 0. The van der Waals surface area contributed by atoms with Gasteiger partial charge in [0, 0.05) is 16.8 Å². The molecule has 3 aromatic rings. The van der Waals surface area contributed by atoms with Crippen molar-refractivity contribution in [3.8, 4) is 10.7 Å². The Morgan fingerprint density at radius 1 is 1.15 bits per heavy atom. The van der Waals surface area contributed by atoms with Crippen LogP contribution in [0.15, 0.2) is 41.2 Å². The molecule has 0 aliphatic rings. The highest BCUT2D eigenvalue weighted by Crippen LogP contribution is 2.25. The van der Waals surface area contributed by atoms with E-state index in [1.165, 1.54) is 11.3 Å². The van der Waals surface area contributed by atoms with E-state index in [9.17, 15) is 9.59 Å². The van der Waals surface area contributed by atoms with E-state index < -0.39 is 5.60 Å². The third kappa shape index (κ3) is 4.98. The maximum absolute atomic E-state index is 12.3. The van der Waals surface area contributed by atoms with Gasteiger partial charge in [-0.3, -0.25) is 14.6 Å². The summed E-state index contributed by atoms with van der Waals surface area (Å²) in [6.07, 6.45) is 0.735. The first-order valence-corrected chi connectivity index (χ1v) is 9.62. The highest BCUT2D eigenvalue weighted by Gasteiger charge is 2.16. The lowest BCUT2D eigenvalue weighted by Gasteiger charge is -2.19. The van der Waals surface area contributed by atoms with Gasteiger partial charge in [0.25, 0.3) is 5.56 Å². The normalized spacial score (nSPS) is 11.6. The molecule has 0 saturated carbocycles. The van der Waals surface area contributed by atoms with Crippen molar-refractivity contribution in [2.75, 3.05) is 0 Å². The van der Waals surface area contributed by atoms with Gasteiger partial charge in [-0.05, 0) is 57.5 Å². The molecule has 0 fully saturated rings. The summed E-state index contributed by atoms with van der Waals surface area (Å²) >= 11 is 1.44. The van der Waals surface area contributed by atoms with E-state index in [-0.39, 0.29) is 17.9 Å². The maximum atomic E-state index is 12.3. The lowest BCUT2D eigenvalue weighted by atomic mass is 10.1. The summed E-state index contributed by atoms with van der Waals surface area (Å²) in [6.45, 7) is 7.53. The number of esters is 1. The van der Waals surface area contributed by atoms with E-state index in [4.69, 9.17) is 4.74 Å². The Labute approximate surface area is 162 Å². The fourth-order valence-electron chi connectivity index (χ4n) is 2.64. The van der Waals surface area contributed by atoms with Gasteiger partial charge in [-0.1, -0.05) is 12.1 Å². The zero-order valence-corrected chi connectivity index (χ0v) is 16.7. The number of hydrogen-bond acceptors (Lipinski definition) is 6. The van der Waals surface area contributed by atoms with E-state index in [0.717, 1.165) is 16.0 Å². The molecule has 6 heteroatoms. The first-order chi connectivity index (χ1) is 12.7. The lowest BCUT2D eigenvalue weighted by Crippen LogP contribution is -2.24. The predicted molar refractivity (Wildman–Crippen MR) is 108 cm³/mol. The summed E-state index contributed by atoms with van der Waals surface area (Å²) in [5, 5.41) is 1.20. The van der Waals surface area contributed by atoms with Crippen LogP contribution in [0.2, 0.25) is 0 Å². The fourth-order valence-corrected chi connectivity index (χ4v) is 3.71. The molecule has 140 valence electrons. The number of fused-ring (bicyclic) bond motifs is 1. The molecule has 1 aromatic carbocycles. The van der Waals surface area contributed by atoms with Gasteiger partial charge in [0.05, 0.1) is 17.5 Å². The first kappa shape index (κ1) is 19.2. The third-order valence-electron chi connectivity index (χ3n) is 3.81. The molecule has 0 atom stereocenters. The van der Waals surface area contributed by atoms with Crippen molar-refractivity contribution in [3.05, 3.63) is 58.0 Å². The number of aromatic nitrogens is 2. The predicted octanol–water partition coefficient (Wildman–Crippen LogP) is 4.30. The van der Waals surface area contributed by atoms with E-state index in [2.05, 4.69) is 9.97 Å². The molecular formula is C21H22N2O3S. The monoisotopic (exact) mass is 382 g/mol. The molecule has 0 N–H and O–H groups in total. The fraction of sp³-hybridized carbons (Fsp3) is 0.333. The number of benzene rings is 1. The quantitative estimate of drug-likeness (QED) is 0.629. The first-order valence-electron chi connectivity index (χ1n) is 8.81. The van der Waals surface area contributed by atoms with Gasteiger partial charge in [-0.15, -0.1) is 11.3 Å². The number of rotatable bonds is 4. The molecule has 0 aliphatic carbocycles. The minimum absolute atomic E-state index is 0.250. The molecule has 0 aliphatic heterocycles. The highest BCUT2D eigenvalue weighted by molar-refractivity contribution is 7.21. The summed E-state index contributed by atoms with van der Waals surface area (Å²) in [4.78, 5) is 33.0. The smallest absolute Gasteiger partial charge is 0.306 e. The van der Waals surface area contributed by atoms with Crippen LogP contribution in [0.25, 0.3) is 20.8 Å². The second-order valence-corrected chi connectivity index (χ2v) is 8.46. The number of carbonyl (C=O) groups is 1. The molecular weight excluding hydrogens is 360 g/mol. The number of ether oxygens (including phenoxy) is 1. The number of nitrogens with zero attached hydrogens (tertiary/aromatic N) is 2. The van der Waals surface area contributed by atoms with E-state index in [1.54, 1.807) is 0 Å². The topological polar surface area (TPSA) is 69.2 Å². The Balaban J connectivity index is 1.84. The molecule has 0 radical (unpaired) electrons. The molecule has 0 bridgehead atoms. The van der Waals surface area contributed by atoms with E-state index >= 15 is 0 Å². The molecule has 0 saturated heterocycles. The van der Waals surface area contributed by atoms with Crippen molar-refractivity contribution >= 4 is 27.4 Å². The van der Waals surface area contributed by atoms with Crippen LogP contribution in [0, 0.1) is 6.92 Å². The molecule has 2 heterocycles. The summed E-state index contributed by atoms with van der Waals surface area (Å²) in [5.74, 6) is -0.251. The van der Waals surface area contributed by atoms with Crippen LogP contribution < -0.4 is 5.56 Å². The van der Waals surface area contributed by atoms with Crippen LogP contribution in [-0.4, -0.2) is 21.5 Å². The number of hydrogen-bond donors (Lipinski definition) is 0. The Morgan fingerprint density at radius 3 is 2.67 bits per heavy atom. The Morgan fingerprint density at radius 2 is 1.93 bits per heavy atom. The van der Waals surface area contributed by atoms with Crippen LogP contribution in [0.1, 0.15) is 38.4 Å². The lowest BCUT2D eigenvalue weighted by molar-refractivity contribution is -0.154. The largest absolute Gasteiger partial charge is 0.460 e. The van der Waals surface area contributed by atoms with Crippen LogP contribution in [0.5, 0.6) is 0 Å². The van der Waals surface area contributed by atoms with Crippen LogP contribution in [0.4, 0.5) is 0 Å². The molecule has 5 nitrogen and oxygen atoms in total. The minimum Gasteiger partial charge on any atom is -0.460 e. The van der Waals surface area contributed by atoms with Crippen molar-refractivity contribution in [2.24, 2.45) is 0 Å². The van der Waals surface area contributed by atoms with Crippen LogP contribution >= 0.6 is 11.3 Å². The van der Waals surface area contributed by atoms with Crippen LogP contribution in [-0.2, 0) is 16.0 Å². The zero-order chi connectivity index (χ0) is 19.6. The average Bonchev–Trinajstić information content (AvgIpc) is 2.58. The zero-order valence-electron chi connectivity index (χ0n) is 15.9. The Bertz CT molecular complexity index is 1050. The van der Waals surface area contributed by atoms with Crippen LogP contribution in [0.3, 0.4) is 0 Å². The number of pyridine rings is 1. The van der Waals surface area contributed by atoms with Gasteiger partial charge in [0.15, 0.2) is 0 Å². The van der Waals surface area contributed by atoms with Crippen molar-refractivity contribution in [3.63, 3.8) is 0 Å².